The number of quaternary nitrogens is 1. The van der Waals surface area contributed by atoms with Crippen LogP contribution in [0, 0.1) is 5.21 Å². The molecule has 2 unspecified atom stereocenters. The first-order chi connectivity index (χ1) is 3.72. The normalized spacial score (nSPS) is 17.4. The lowest BCUT2D eigenvalue weighted by molar-refractivity contribution is -0.863. The monoisotopic (exact) mass is 115 g/mol. The molecule has 0 saturated carbocycles. The van der Waals surface area contributed by atoms with Crippen molar-refractivity contribution in [3.8, 4) is 0 Å². The van der Waals surface area contributed by atoms with E-state index in [4.69, 9.17) is 0 Å². The van der Waals surface area contributed by atoms with E-state index in [9.17, 15) is 5.21 Å². The Kier molecular flexibility index (Phi) is 3.48. The summed E-state index contributed by atoms with van der Waals surface area (Å²) in [5.41, 5.74) is 0. The molecule has 0 bridgehead atoms. The van der Waals surface area contributed by atoms with E-state index in [0.717, 1.165) is 0 Å². The molecule has 1 N–H and O–H groups in total. The molecule has 0 fully saturated rings. The van der Waals surface area contributed by atoms with Gasteiger partial charge in [0.2, 0.25) is 0 Å². The van der Waals surface area contributed by atoms with Crippen LogP contribution in [0.4, 0.5) is 0 Å². The Morgan fingerprint density at radius 2 is 2.38 bits per heavy atom. The van der Waals surface area contributed by atoms with Gasteiger partial charge in [0.15, 0.2) is 0 Å². The van der Waals surface area contributed by atoms with Crippen LogP contribution in [0.3, 0.4) is 0 Å². The van der Waals surface area contributed by atoms with E-state index in [1.54, 1.807) is 6.08 Å². The lowest BCUT2D eigenvalue weighted by Gasteiger charge is -2.24. The van der Waals surface area contributed by atoms with Crippen LogP contribution in [0.25, 0.3) is 0 Å². The van der Waals surface area contributed by atoms with Crippen LogP contribution in [0.1, 0.15) is 13.8 Å². The lowest BCUT2D eigenvalue weighted by atomic mass is 10.3. The smallest absolute Gasteiger partial charge is 0.103 e. The van der Waals surface area contributed by atoms with Crippen LogP contribution < -0.4 is 5.06 Å². The lowest BCUT2D eigenvalue weighted by Crippen LogP contribution is -3.10. The molecule has 0 heterocycles. The van der Waals surface area contributed by atoms with Gasteiger partial charge in [-0.2, -0.15) is 0 Å². The van der Waals surface area contributed by atoms with Crippen LogP contribution in [-0.4, -0.2) is 12.6 Å². The SMILES string of the molecule is C=CC(C)[NH+]([O-])CC. The maximum absolute atomic E-state index is 10.7. The summed E-state index contributed by atoms with van der Waals surface area (Å²) >= 11 is 0. The van der Waals surface area contributed by atoms with Crippen molar-refractivity contribution < 1.29 is 5.06 Å². The van der Waals surface area contributed by atoms with Crippen LogP contribution >= 0.6 is 0 Å². The van der Waals surface area contributed by atoms with E-state index in [1.807, 2.05) is 13.8 Å². The van der Waals surface area contributed by atoms with Gasteiger partial charge in [0.1, 0.15) is 6.04 Å². The average Bonchev–Trinajstić information content (AvgIpc) is 1.84. The summed E-state index contributed by atoms with van der Waals surface area (Å²) < 4.78 is 0. The molecule has 0 amide bonds. The maximum Gasteiger partial charge on any atom is 0.103 e. The molecule has 0 aliphatic rings. The first kappa shape index (κ1) is 7.66. The highest BCUT2D eigenvalue weighted by atomic mass is 16.5. The molecule has 2 heteroatoms. The van der Waals surface area contributed by atoms with E-state index >= 15 is 0 Å². The number of hydrogen-bond donors (Lipinski definition) is 1. The molecule has 2 nitrogen and oxygen atoms in total. The van der Waals surface area contributed by atoms with Gasteiger partial charge in [-0.15, -0.1) is 0 Å². The fraction of sp³-hybridized carbons (Fsp3) is 0.667. The number of nitrogens with one attached hydrogen (secondary N) is 1. The van der Waals surface area contributed by atoms with E-state index < -0.39 is 0 Å². The van der Waals surface area contributed by atoms with E-state index in [-0.39, 0.29) is 11.1 Å². The zero-order valence-corrected chi connectivity index (χ0v) is 5.48. The van der Waals surface area contributed by atoms with Gasteiger partial charge in [-0.25, -0.2) is 0 Å². The highest BCUT2D eigenvalue weighted by Crippen LogP contribution is 1.70. The van der Waals surface area contributed by atoms with Crippen molar-refractivity contribution in [2.75, 3.05) is 6.54 Å². The van der Waals surface area contributed by atoms with Gasteiger partial charge >= 0.3 is 0 Å². The number of rotatable bonds is 3. The van der Waals surface area contributed by atoms with Crippen molar-refractivity contribution in [1.29, 1.82) is 0 Å². The minimum atomic E-state index is 0.0417. The highest BCUT2D eigenvalue weighted by molar-refractivity contribution is 4.73. The molecule has 0 radical (unpaired) electrons. The third kappa shape index (κ3) is 2.09. The first-order valence-corrected chi connectivity index (χ1v) is 2.87. The molecule has 0 rings (SSSR count). The Morgan fingerprint density at radius 3 is 2.50 bits per heavy atom. The van der Waals surface area contributed by atoms with Crippen LogP contribution in [0.15, 0.2) is 12.7 Å². The minimum Gasteiger partial charge on any atom is -0.634 e. The summed E-state index contributed by atoms with van der Waals surface area (Å²) in [7, 11) is 0. The summed E-state index contributed by atoms with van der Waals surface area (Å²) in [5, 5.41) is 10.9. The van der Waals surface area contributed by atoms with Gasteiger partial charge in [-0.1, -0.05) is 6.58 Å². The average molecular weight is 115 g/mol. The predicted molar refractivity (Wildman–Crippen MR) is 34.5 cm³/mol. The van der Waals surface area contributed by atoms with Crippen molar-refractivity contribution in [1.82, 2.24) is 0 Å². The standard InChI is InChI=1S/C6H13NO/c1-4-6(3)7(8)5-2/h4,6-7H,1,5H2,2-3H3. The van der Waals surface area contributed by atoms with E-state index in [0.29, 0.717) is 6.54 Å². The topological polar surface area (TPSA) is 27.5 Å². The Bertz CT molecular complexity index is 72.9. The summed E-state index contributed by atoms with van der Waals surface area (Å²) in [6.07, 6.45) is 1.67. The van der Waals surface area contributed by atoms with Gasteiger partial charge in [0, 0.05) is 0 Å². The Morgan fingerprint density at radius 1 is 1.88 bits per heavy atom. The molecule has 0 spiro atoms. The van der Waals surface area contributed by atoms with Gasteiger partial charge in [-0.05, 0) is 19.9 Å². The van der Waals surface area contributed by atoms with Crippen molar-refractivity contribution in [2.24, 2.45) is 0 Å². The molecule has 0 aromatic heterocycles. The molecule has 2 atom stereocenters. The van der Waals surface area contributed by atoms with Crippen molar-refractivity contribution in [3.63, 3.8) is 0 Å². The first-order valence-electron chi connectivity index (χ1n) is 2.87. The Balaban J connectivity index is 3.44. The van der Waals surface area contributed by atoms with Gasteiger partial charge < -0.3 is 10.3 Å². The minimum absolute atomic E-state index is 0.0417. The maximum atomic E-state index is 10.7. The van der Waals surface area contributed by atoms with Crippen molar-refractivity contribution in [3.05, 3.63) is 17.9 Å². The zero-order valence-electron chi connectivity index (χ0n) is 5.48. The summed E-state index contributed by atoms with van der Waals surface area (Å²) in [4.78, 5) is 0. The van der Waals surface area contributed by atoms with E-state index in [2.05, 4.69) is 6.58 Å². The number of hydroxylamine groups is 2. The summed E-state index contributed by atoms with van der Waals surface area (Å²) in [5.74, 6) is 0. The zero-order chi connectivity index (χ0) is 6.57. The fourth-order valence-corrected chi connectivity index (χ4v) is 0.453. The predicted octanol–water partition coefficient (Wildman–Crippen LogP) is -0.0365. The molecule has 48 valence electrons. The second-order valence-electron chi connectivity index (χ2n) is 1.84. The molecule has 0 aromatic carbocycles. The number of likely N-dealkylation sites (N-methyl/N-ethyl adjacent to an activating group) is 1. The van der Waals surface area contributed by atoms with Crippen molar-refractivity contribution in [2.45, 2.75) is 19.9 Å². The third-order valence-corrected chi connectivity index (χ3v) is 1.21. The molecule has 0 aromatic rings. The summed E-state index contributed by atoms with van der Waals surface area (Å²) in [6.45, 7) is 7.85. The fourth-order valence-electron chi connectivity index (χ4n) is 0.453. The molecule has 0 aliphatic heterocycles. The number of hydrogen-bond acceptors (Lipinski definition) is 1. The van der Waals surface area contributed by atoms with Gasteiger partial charge in [0.05, 0.1) is 6.54 Å². The second kappa shape index (κ2) is 3.64. The van der Waals surface area contributed by atoms with Crippen LogP contribution in [-0.2, 0) is 0 Å². The molecule has 0 saturated heterocycles. The van der Waals surface area contributed by atoms with Gasteiger partial charge in [-0.3, -0.25) is 0 Å². The van der Waals surface area contributed by atoms with E-state index in [1.165, 1.54) is 0 Å². The molecule has 0 aliphatic carbocycles. The van der Waals surface area contributed by atoms with Crippen LogP contribution in [0.5, 0.6) is 0 Å². The second-order valence-corrected chi connectivity index (χ2v) is 1.84. The molecular formula is C6H13NO. The highest BCUT2D eigenvalue weighted by Gasteiger charge is 1.98. The molecular weight excluding hydrogens is 102 g/mol. The molecule has 8 heavy (non-hydrogen) atoms. The Labute approximate surface area is 50.4 Å². The Hall–Kier alpha value is -0.340. The quantitative estimate of drug-likeness (QED) is 0.405. The van der Waals surface area contributed by atoms with Crippen LogP contribution in [0.2, 0.25) is 0 Å². The largest absolute Gasteiger partial charge is 0.634 e. The third-order valence-electron chi connectivity index (χ3n) is 1.21. The van der Waals surface area contributed by atoms with Crippen molar-refractivity contribution >= 4 is 0 Å². The van der Waals surface area contributed by atoms with Gasteiger partial charge in [0.25, 0.3) is 0 Å². The summed E-state index contributed by atoms with van der Waals surface area (Å²) in [6, 6.07) is 0.0417.